The number of amides is 1. The number of ether oxygens (including phenoxy) is 1. The van der Waals surface area contributed by atoms with Crippen LogP contribution >= 0.6 is 0 Å². The van der Waals surface area contributed by atoms with Crippen LogP contribution in [-0.4, -0.2) is 35.4 Å². The Morgan fingerprint density at radius 2 is 1.96 bits per heavy atom. The molecule has 0 heterocycles. The Morgan fingerprint density at radius 1 is 1.30 bits per heavy atom. The third-order valence-corrected chi connectivity index (χ3v) is 3.55. The summed E-state index contributed by atoms with van der Waals surface area (Å²) >= 11 is 0. The number of carbonyl (C=O) groups is 3. The third kappa shape index (κ3) is 5.73. The van der Waals surface area contributed by atoms with E-state index >= 15 is 0 Å². The van der Waals surface area contributed by atoms with Crippen molar-refractivity contribution in [3.63, 3.8) is 0 Å². The summed E-state index contributed by atoms with van der Waals surface area (Å²) in [5.74, 6) is -0.883. The van der Waals surface area contributed by atoms with Gasteiger partial charge in [-0.25, -0.2) is 0 Å². The molecular formula is C17H23NO5. The number of ketones is 1. The molecule has 2 N–H and O–H groups in total. The largest absolute Gasteiger partial charge is 0.481 e. The molecule has 1 rings (SSSR count). The molecule has 23 heavy (non-hydrogen) atoms. The van der Waals surface area contributed by atoms with Gasteiger partial charge in [0.05, 0.1) is 5.41 Å². The molecule has 0 saturated heterocycles. The fraction of sp³-hybridized carbons (Fsp3) is 0.471. The number of carboxylic acids is 1. The quantitative estimate of drug-likeness (QED) is 0.717. The third-order valence-electron chi connectivity index (χ3n) is 3.55. The van der Waals surface area contributed by atoms with Gasteiger partial charge in [-0.15, -0.1) is 0 Å². The summed E-state index contributed by atoms with van der Waals surface area (Å²) in [6.45, 7) is 6.51. The zero-order valence-electron chi connectivity index (χ0n) is 13.9. The zero-order valence-corrected chi connectivity index (χ0v) is 13.9. The number of rotatable bonds is 8. The van der Waals surface area contributed by atoms with Gasteiger partial charge >= 0.3 is 5.97 Å². The Bertz CT molecular complexity index is 594. The molecule has 6 nitrogen and oxygen atoms in total. The van der Waals surface area contributed by atoms with Crippen molar-refractivity contribution in [3.05, 3.63) is 29.8 Å². The molecule has 0 bridgehead atoms. The number of hydrogen-bond acceptors (Lipinski definition) is 4. The molecule has 1 unspecified atom stereocenters. The van der Waals surface area contributed by atoms with Crippen LogP contribution in [0.3, 0.4) is 0 Å². The molecule has 1 aromatic carbocycles. The highest BCUT2D eigenvalue weighted by molar-refractivity contribution is 5.94. The van der Waals surface area contributed by atoms with Gasteiger partial charge in [0, 0.05) is 12.1 Å². The van der Waals surface area contributed by atoms with Crippen LogP contribution in [0.15, 0.2) is 24.3 Å². The monoisotopic (exact) mass is 321 g/mol. The Balaban J connectivity index is 2.53. The molecule has 0 radical (unpaired) electrons. The average molecular weight is 321 g/mol. The van der Waals surface area contributed by atoms with Gasteiger partial charge in [0.1, 0.15) is 5.75 Å². The average Bonchev–Trinajstić information content (AvgIpc) is 2.46. The van der Waals surface area contributed by atoms with Gasteiger partial charge in [0.25, 0.3) is 5.91 Å². The maximum atomic E-state index is 12.0. The van der Waals surface area contributed by atoms with E-state index in [0.717, 1.165) is 0 Å². The van der Waals surface area contributed by atoms with E-state index in [4.69, 9.17) is 9.84 Å². The molecule has 0 fully saturated rings. The van der Waals surface area contributed by atoms with Gasteiger partial charge in [-0.1, -0.05) is 12.1 Å². The number of hydrogen-bond donors (Lipinski definition) is 2. The lowest BCUT2D eigenvalue weighted by Crippen LogP contribution is -2.39. The van der Waals surface area contributed by atoms with Crippen LogP contribution < -0.4 is 10.1 Å². The molecule has 0 aliphatic heterocycles. The van der Waals surface area contributed by atoms with Crippen LogP contribution in [-0.2, 0) is 9.59 Å². The van der Waals surface area contributed by atoms with Gasteiger partial charge in [-0.05, 0) is 46.2 Å². The second-order valence-electron chi connectivity index (χ2n) is 6.07. The standard InChI is InChI=1S/C17H23NO5/c1-11(19)13-6-5-7-14(10-13)23-12(2)15(20)18-9-8-17(3,4)16(21)22/h5-7,10,12H,8-9H2,1-4H3,(H,18,20)(H,21,22). The van der Waals surface area contributed by atoms with E-state index in [1.54, 1.807) is 45.0 Å². The minimum absolute atomic E-state index is 0.0801. The number of Topliss-reactive ketones (excluding diaryl/α,β-unsaturated/α-hetero) is 1. The van der Waals surface area contributed by atoms with Crippen molar-refractivity contribution in [2.45, 2.75) is 40.2 Å². The van der Waals surface area contributed by atoms with E-state index in [0.29, 0.717) is 17.7 Å². The molecule has 0 aromatic heterocycles. The minimum Gasteiger partial charge on any atom is -0.481 e. The predicted octanol–water partition coefficient (Wildman–Crippen LogP) is 2.27. The minimum atomic E-state index is -0.905. The molecule has 1 amide bonds. The summed E-state index contributed by atoms with van der Waals surface area (Å²) < 4.78 is 5.52. The second kappa shape index (κ2) is 7.76. The van der Waals surface area contributed by atoms with Gasteiger partial charge < -0.3 is 15.2 Å². The van der Waals surface area contributed by atoms with E-state index in [1.165, 1.54) is 6.92 Å². The zero-order chi connectivity index (χ0) is 17.6. The number of carboxylic acid groups (broad SMARTS) is 1. The highest BCUT2D eigenvalue weighted by atomic mass is 16.5. The molecule has 1 aromatic rings. The van der Waals surface area contributed by atoms with Crippen LogP contribution in [0.25, 0.3) is 0 Å². The number of carbonyl (C=O) groups excluding carboxylic acids is 2. The normalized spacial score (nSPS) is 12.3. The lowest BCUT2D eigenvalue weighted by Gasteiger charge is -2.20. The molecule has 1 atom stereocenters. The lowest BCUT2D eigenvalue weighted by atomic mass is 9.90. The Labute approximate surface area is 135 Å². The first-order valence-corrected chi connectivity index (χ1v) is 7.42. The Kier molecular flexibility index (Phi) is 6.30. The summed E-state index contributed by atoms with van der Waals surface area (Å²) in [4.78, 5) is 34.3. The van der Waals surface area contributed by atoms with Crippen molar-refractivity contribution in [2.75, 3.05) is 6.54 Å². The fourth-order valence-electron chi connectivity index (χ4n) is 1.79. The Morgan fingerprint density at radius 3 is 2.52 bits per heavy atom. The molecule has 0 saturated carbocycles. The van der Waals surface area contributed by atoms with Gasteiger partial charge in [0.15, 0.2) is 11.9 Å². The van der Waals surface area contributed by atoms with E-state index in [-0.39, 0.29) is 18.2 Å². The van der Waals surface area contributed by atoms with Crippen molar-refractivity contribution in [1.82, 2.24) is 5.32 Å². The van der Waals surface area contributed by atoms with Crippen LogP contribution in [0.2, 0.25) is 0 Å². The van der Waals surface area contributed by atoms with E-state index in [9.17, 15) is 14.4 Å². The summed E-state index contributed by atoms with van der Waals surface area (Å²) in [5, 5.41) is 11.7. The maximum Gasteiger partial charge on any atom is 0.309 e. The fourth-order valence-corrected chi connectivity index (χ4v) is 1.79. The predicted molar refractivity (Wildman–Crippen MR) is 85.6 cm³/mol. The van der Waals surface area contributed by atoms with Crippen LogP contribution in [0, 0.1) is 5.41 Å². The van der Waals surface area contributed by atoms with Gasteiger partial charge in [-0.2, -0.15) is 0 Å². The van der Waals surface area contributed by atoms with Crippen LogP contribution in [0.4, 0.5) is 0 Å². The first kappa shape index (κ1) is 18.7. The second-order valence-corrected chi connectivity index (χ2v) is 6.07. The van der Waals surface area contributed by atoms with E-state index in [2.05, 4.69) is 5.32 Å². The summed E-state index contributed by atoms with van der Waals surface area (Å²) in [6, 6.07) is 6.61. The highest BCUT2D eigenvalue weighted by Gasteiger charge is 2.27. The Hall–Kier alpha value is -2.37. The lowest BCUT2D eigenvalue weighted by molar-refractivity contribution is -0.147. The summed E-state index contributed by atoms with van der Waals surface area (Å²) in [7, 11) is 0. The van der Waals surface area contributed by atoms with Crippen molar-refractivity contribution in [1.29, 1.82) is 0 Å². The number of benzene rings is 1. The molecule has 6 heteroatoms. The van der Waals surface area contributed by atoms with Crippen molar-refractivity contribution in [2.24, 2.45) is 5.41 Å². The number of nitrogens with one attached hydrogen (secondary N) is 1. The van der Waals surface area contributed by atoms with E-state index < -0.39 is 17.5 Å². The SMILES string of the molecule is CC(=O)c1cccc(OC(C)C(=O)NCCC(C)(C)C(=O)O)c1. The van der Waals surface area contributed by atoms with Gasteiger partial charge in [-0.3, -0.25) is 14.4 Å². The molecule has 0 spiro atoms. The van der Waals surface area contributed by atoms with E-state index in [1.807, 2.05) is 0 Å². The van der Waals surface area contributed by atoms with Gasteiger partial charge in [0.2, 0.25) is 0 Å². The first-order chi connectivity index (χ1) is 10.6. The van der Waals surface area contributed by atoms with Crippen molar-refractivity contribution in [3.8, 4) is 5.75 Å². The maximum absolute atomic E-state index is 12.0. The topological polar surface area (TPSA) is 92.7 Å². The van der Waals surface area contributed by atoms with Crippen LogP contribution in [0.1, 0.15) is 44.5 Å². The first-order valence-electron chi connectivity index (χ1n) is 7.42. The molecule has 0 aliphatic carbocycles. The summed E-state index contributed by atoms with van der Waals surface area (Å²) in [6.07, 6.45) is -0.425. The van der Waals surface area contributed by atoms with Crippen molar-refractivity contribution < 1.29 is 24.2 Å². The van der Waals surface area contributed by atoms with Crippen LogP contribution in [0.5, 0.6) is 5.75 Å². The number of aliphatic carboxylic acids is 1. The molecular weight excluding hydrogens is 298 g/mol. The van der Waals surface area contributed by atoms with Crippen molar-refractivity contribution >= 4 is 17.7 Å². The smallest absolute Gasteiger partial charge is 0.309 e. The molecule has 126 valence electrons. The molecule has 0 aliphatic rings. The summed E-state index contributed by atoms with van der Waals surface area (Å²) in [5.41, 5.74) is -0.383. The highest BCUT2D eigenvalue weighted by Crippen LogP contribution is 2.19.